The van der Waals surface area contributed by atoms with Gasteiger partial charge in [0.05, 0.1) is 50.7 Å². The second-order valence-electron chi connectivity index (χ2n) is 16.1. The van der Waals surface area contributed by atoms with Gasteiger partial charge in [-0.25, -0.2) is 4.79 Å². The van der Waals surface area contributed by atoms with Crippen LogP contribution in [-0.4, -0.2) is 86.5 Å². The van der Waals surface area contributed by atoms with Crippen LogP contribution in [0.15, 0.2) is 97.1 Å². The fraction of sp³-hybridized carbons (Fsp3) is 0.480. The molecule has 0 N–H and O–H groups in total. The fourth-order valence-electron chi connectivity index (χ4n) is 9.30. The Labute approximate surface area is 337 Å². The Morgan fingerprint density at radius 2 is 1.29 bits per heavy atom. The van der Waals surface area contributed by atoms with Gasteiger partial charge in [0.1, 0.15) is 26.3 Å². The summed E-state index contributed by atoms with van der Waals surface area (Å²) in [5.41, 5.74) is 4.19. The number of quaternary nitrogens is 2. The van der Waals surface area contributed by atoms with Gasteiger partial charge < -0.3 is 18.4 Å². The maximum atomic E-state index is 14.0. The lowest BCUT2D eigenvalue weighted by Gasteiger charge is -2.38. The second-order valence-corrected chi connectivity index (χ2v) is 16.1. The normalized spacial score (nSPS) is 18.0. The van der Waals surface area contributed by atoms with E-state index >= 15 is 0 Å². The van der Waals surface area contributed by atoms with Gasteiger partial charge in [0.25, 0.3) is 0 Å². The smallest absolute Gasteiger partial charge is 0.339 e. The molecule has 3 unspecified atom stereocenters. The average Bonchev–Trinajstić information content (AvgIpc) is 3.29. The zero-order valence-electron chi connectivity index (χ0n) is 35.2. The van der Waals surface area contributed by atoms with Gasteiger partial charge >= 0.3 is 11.9 Å². The quantitative estimate of drug-likeness (QED) is 0.0511. The lowest BCUT2D eigenvalue weighted by molar-refractivity contribution is -0.926. The molecule has 0 saturated heterocycles. The van der Waals surface area contributed by atoms with E-state index in [1.807, 2.05) is 24.3 Å². The van der Waals surface area contributed by atoms with Gasteiger partial charge in [-0.1, -0.05) is 119 Å². The third kappa shape index (κ3) is 10.4. The number of carbonyl (C=O) groups excluding carboxylic acids is 2. The first-order valence-electron chi connectivity index (χ1n) is 21.6. The highest BCUT2D eigenvalue weighted by molar-refractivity contribution is 6.17. The summed E-state index contributed by atoms with van der Waals surface area (Å²) in [4.78, 5) is 27.7. The Bertz CT molecular complexity index is 1960. The topological polar surface area (TPSA) is 52.6 Å². The molecule has 4 aromatic rings. The second kappa shape index (κ2) is 20.8. The summed E-state index contributed by atoms with van der Waals surface area (Å²) in [6.07, 6.45) is 14.2. The molecule has 1 aliphatic carbocycles. The third-order valence-corrected chi connectivity index (χ3v) is 12.5. The lowest BCUT2D eigenvalue weighted by Crippen LogP contribution is -2.51. The summed E-state index contributed by atoms with van der Waals surface area (Å²) in [6.45, 7) is 22.2. The van der Waals surface area contributed by atoms with Crippen LogP contribution >= 0.6 is 0 Å². The summed E-state index contributed by atoms with van der Waals surface area (Å²) in [6, 6.07) is 25.2. The van der Waals surface area contributed by atoms with Gasteiger partial charge in [-0.3, -0.25) is 4.79 Å². The number of allylic oxidation sites excluding steroid dienone is 4. The van der Waals surface area contributed by atoms with E-state index < -0.39 is 0 Å². The van der Waals surface area contributed by atoms with Gasteiger partial charge in [-0.2, -0.15) is 0 Å². The number of rotatable bonds is 20. The van der Waals surface area contributed by atoms with Crippen LogP contribution in [-0.2, 0) is 20.7 Å². The molecule has 0 aliphatic heterocycles. The van der Waals surface area contributed by atoms with Crippen LogP contribution in [0.1, 0.15) is 113 Å². The molecule has 6 nitrogen and oxygen atoms in total. The van der Waals surface area contributed by atoms with E-state index in [0.717, 1.165) is 121 Å². The Hall–Kier alpha value is -4.26. The number of esters is 2. The third-order valence-electron chi connectivity index (χ3n) is 12.5. The van der Waals surface area contributed by atoms with Crippen LogP contribution in [0.5, 0.6) is 0 Å². The monoisotopic (exact) mass is 761 g/mol. The molecule has 5 rings (SSSR count). The molecular weight excluding hydrogens is 693 g/mol. The van der Waals surface area contributed by atoms with Crippen molar-refractivity contribution in [3.63, 3.8) is 0 Å². The largest absolute Gasteiger partial charge is 0.459 e. The van der Waals surface area contributed by atoms with Crippen LogP contribution in [0, 0.1) is 0 Å². The number of ether oxygens (including phenoxy) is 2. The fourth-order valence-corrected chi connectivity index (χ4v) is 9.30. The van der Waals surface area contributed by atoms with E-state index in [9.17, 15) is 9.59 Å². The van der Waals surface area contributed by atoms with Gasteiger partial charge in [-0.15, -0.1) is 0 Å². The molecule has 0 heterocycles. The minimum absolute atomic E-state index is 0.134. The van der Waals surface area contributed by atoms with Crippen molar-refractivity contribution >= 4 is 33.5 Å². The van der Waals surface area contributed by atoms with Gasteiger partial charge in [-0.05, 0) is 96.2 Å². The summed E-state index contributed by atoms with van der Waals surface area (Å²) >= 11 is 0. The van der Waals surface area contributed by atoms with Gasteiger partial charge in [0.2, 0.25) is 0 Å². The Morgan fingerprint density at radius 1 is 0.661 bits per heavy atom. The van der Waals surface area contributed by atoms with E-state index in [-0.39, 0.29) is 23.8 Å². The molecular formula is C50H68N2O4+2. The number of aryl methyl sites for hydroxylation is 1. The molecule has 0 fully saturated rings. The van der Waals surface area contributed by atoms with Crippen LogP contribution in [0.25, 0.3) is 21.5 Å². The molecule has 0 bridgehead atoms. The first-order chi connectivity index (χ1) is 27.2. The van der Waals surface area contributed by atoms with E-state index in [1.165, 1.54) is 11.1 Å². The highest BCUT2D eigenvalue weighted by atomic mass is 16.5. The van der Waals surface area contributed by atoms with Crippen molar-refractivity contribution in [3.05, 3.63) is 119 Å². The zero-order valence-corrected chi connectivity index (χ0v) is 35.2. The lowest BCUT2D eigenvalue weighted by atomic mass is 9.87. The number of fused-ring (bicyclic) bond motifs is 3. The standard InChI is InChI=1S/C50H68N2O4/c1-7-30-51(10-4,31-8-2)34-37-56-50(54)48-43-26-16-15-22-41(43)38-47-40(23-19-29-45(47)48)24-20-33-52(11-5,32-9-3)35-36-55-49(53)46-28-14-12-13-21-39(6)42-25-17-18-27-44(42)46/h12-19,21-23,25-27,29,38-39,46H,7-11,20,24,28,30-37H2,1-6H3/q+2/b14-12-,21-13-. The predicted octanol–water partition coefficient (Wildman–Crippen LogP) is 10.9. The number of carbonyl (C=O) groups is 2. The molecule has 0 aromatic heterocycles. The van der Waals surface area contributed by atoms with Crippen molar-refractivity contribution < 1.29 is 28.0 Å². The van der Waals surface area contributed by atoms with Gasteiger partial charge in [0.15, 0.2) is 0 Å². The maximum Gasteiger partial charge on any atom is 0.339 e. The molecule has 0 saturated carbocycles. The van der Waals surface area contributed by atoms with E-state index in [1.54, 1.807) is 0 Å². The minimum Gasteiger partial charge on any atom is -0.459 e. The predicted molar refractivity (Wildman–Crippen MR) is 233 cm³/mol. The molecule has 4 aromatic carbocycles. The molecule has 1 aliphatic rings. The molecule has 0 spiro atoms. The summed E-state index contributed by atoms with van der Waals surface area (Å²) < 4.78 is 14.2. The number of nitrogens with zero attached hydrogens (tertiary/aromatic N) is 2. The highest BCUT2D eigenvalue weighted by Gasteiger charge is 2.29. The zero-order chi connectivity index (χ0) is 40.0. The molecule has 0 radical (unpaired) electrons. The van der Waals surface area contributed by atoms with Crippen molar-refractivity contribution in [2.24, 2.45) is 0 Å². The maximum absolute atomic E-state index is 14.0. The minimum atomic E-state index is -0.310. The van der Waals surface area contributed by atoms with Crippen molar-refractivity contribution in [2.75, 3.05) is 65.6 Å². The molecule has 300 valence electrons. The van der Waals surface area contributed by atoms with E-state index in [4.69, 9.17) is 9.47 Å². The molecule has 6 heteroatoms. The number of benzene rings is 4. The number of hydrogen-bond donors (Lipinski definition) is 0. The number of likely N-dealkylation sites (N-methyl/N-ethyl adjacent to an activating group) is 2. The van der Waals surface area contributed by atoms with Crippen molar-refractivity contribution in [1.82, 2.24) is 0 Å². The first-order valence-corrected chi connectivity index (χ1v) is 21.6. The summed E-state index contributed by atoms with van der Waals surface area (Å²) in [7, 11) is 0. The Balaban J connectivity index is 1.30. The number of hydrogen-bond acceptors (Lipinski definition) is 4. The van der Waals surface area contributed by atoms with Crippen LogP contribution < -0.4 is 0 Å². The van der Waals surface area contributed by atoms with Gasteiger partial charge in [0, 0.05) is 6.42 Å². The summed E-state index contributed by atoms with van der Waals surface area (Å²) in [5, 5.41) is 4.10. The van der Waals surface area contributed by atoms with Crippen molar-refractivity contribution in [1.29, 1.82) is 0 Å². The highest BCUT2D eigenvalue weighted by Crippen LogP contribution is 2.33. The van der Waals surface area contributed by atoms with Crippen LogP contribution in [0.3, 0.4) is 0 Å². The van der Waals surface area contributed by atoms with Crippen LogP contribution in [0.4, 0.5) is 0 Å². The Morgan fingerprint density at radius 3 is 1.98 bits per heavy atom. The van der Waals surface area contributed by atoms with E-state index in [2.05, 4.69) is 114 Å². The summed E-state index contributed by atoms with van der Waals surface area (Å²) in [5.74, 6) is -0.447. The molecule has 0 amide bonds. The van der Waals surface area contributed by atoms with Crippen LogP contribution in [0.2, 0.25) is 0 Å². The van der Waals surface area contributed by atoms with Crippen molar-refractivity contribution in [3.8, 4) is 0 Å². The molecule has 56 heavy (non-hydrogen) atoms. The van der Waals surface area contributed by atoms with E-state index in [0.29, 0.717) is 25.2 Å². The van der Waals surface area contributed by atoms with Crippen molar-refractivity contribution in [2.45, 2.75) is 91.9 Å². The average molecular weight is 761 g/mol. The molecule has 3 atom stereocenters. The SMILES string of the molecule is CCC[N+](CC)(CCC)CCOC(=O)c1c2ccccc2cc2c(CCC[N+](CC)(CCC)CCOC(=O)C3C/C=C\C=C/C(C)c4ccccc43)cccc12. The first kappa shape index (κ1) is 42.9. The Kier molecular flexibility index (Phi) is 15.9.